The number of rotatable bonds is 3. The number of hydrogen-bond acceptors (Lipinski definition) is 4. The second kappa shape index (κ2) is 6.21. The number of nitrogens with one attached hydrogen (secondary N) is 1. The third-order valence-corrected chi connectivity index (χ3v) is 7.16. The first kappa shape index (κ1) is 17.5. The Bertz CT molecular complexity index is 991. The highest BCUT2D eigenvalue weighted by molar-refractivity contribution is 6.33. The van der Waals surface area contributed by atoms with E-state index in [1.807, 2.05) is 12.1 Å². The maximum absolute atomic E-state index is 11.3. The van der Waals surface area contributed by atoms with Crippen molar-refractivity contribution in [3.8, 4) is 0 Å². The van der Waals surface area contributed by atoms with Crippen molar-refractivity contribution in [3.63, 3.8) is 0 Å². The zero-order valence-corrected chi connectivity index (χ0v) is 15.7. The lowest BCUT2D eigenvalue weighted by Gasteiger charge is -2.43. The van der Waals surface area contributed by atoms with Crippen molar-refractivity contribution in [1.82, 2.24) is 0 Å². The first-order valence-electron chi connectivity index (χ1n) is 9.51. The fourth-order valence-electron chi connectivity index (χ4n) is 5.80. The summed E-state index contributed by atoms with van der Waals surface area (Å²) in [6.45, 7) is 0. The van der Waals surface area contributed by atoms with Crippen LogP contribution in [0.3, 0.4) is 0 Å². The zero-order chi connectivity index (χ0) is 19.6. The fraction of sp³-hybridized carbons (Fsp3) is 0.381. The summed E-state index contributed by atoms with van der Waals surface area (Å²) >= 11 is 6.46. The van der Waals surface area contributed by atoms with Crippen molar-refractivity contribution in [3.05, 3.63) is 68.2 Å². The summed E-state index contributed by atoms with van der Waals surface area (Å²) in [5.74, 6) is 0.728. The van der Waals surface area contributed by atoms with Gasteiger partial charge in [0.15, 0.2) is 0 Å². The van der Waals surface area contributed by atoms with Crippen LogP contribution >= 0.6 is 11.6 Å². The lowest BCUT2D eigenvalue weighted by atomic mass is 9.68. The van der Waals surface area contributed by atoms with E-state index in [0.29, 0.717) is 22.8 Å². The van der Waals surface area contributed by atoms with Gasteiger partial charge in [-0.3, -0.25) is 10.1 Å². The number of carboxylic acid groups (broad SMARTS) is 1. The van der Waals surface area contributed by atoms with Crippen LogP contribution in [0.5, 0.6) is 0 Å². The van der Waals surface area contributed by atoms with Crippen molar-refractivity contribution >= 4 is 28.9 Å². The van der Waals surface area contributed by atoms with Crippen molar-refractivity contribution in [2.45, 2.75) is 31.2 Å². The predicted molar refractivity (Wildman–Crippen MR) is 105 cm³/mol. The number of carbonyl (C=O) groups is 1. The second-order valence-corrected chi connectivity index (χ2v) is 8.54. The summed E-state index contributed by atoms with van der Waals surface area (Å²) in [4.78, 5) is 22.1. The smallest absolute Gasteiger partial charge is 0.335 e. The third kappa shape index (κ3) is 2.51. The molecule has 2 bridgehead atoms. The van der Waals surface area contributed by atoms with Crippen molar-refractivity contribution in [1.29, 1.82) is 0 Å². The minimum Gasteiger partial charge on any atom is -0.478 e. The monoisotopic (exact) mass is 398 g/mol. The summed E-state index contributed by atoms with van der Waals surface area (Å²) in [6.07, 6.45) is 3.46. The zero-order valence-electron chi connectivity index (χ0n) is 15.0. The Morgan fingerprint density at radius 2 is 1.89 bits per heavy atom. The van der Waals surface area contributed by atoms with E-state index in [1.54, 1.807) is 18.2 Å². The number of nitrogens with zero attached hydrogens (tertiary/aromatic N) is 1. The highest BCUT2D eigenvalue weighted by Crippen LogP contribution is 2.64. The summed E-state index contributed by atoms with van der Waals surface area (Å²) in [6, 6.07) is 10.1. The van der Waals surface area contributed by atoms with Crippen LogP contribution in [0, 0.1) is 27.9 Å². The molecule has 5 atom stereocenters. The van der Waals surface area contributed by atoms with Gasteiger partial charge in [-0.25, -0.2) is 4.79 Å². The molecule has 2 N–H and O–H groups in total. The molecule has 7 heteroatoms. The van der Waals surface area contributed by atoms with Gasteiger partial charge in [0.1, 0.15) is 0 Å². The van der Waals surface area contributed by atoms with Crippen LogP contribution in [0.4, 0.5) is 11.4 Å². The van der Waals surface area contributed by atoms with Crippen LogP contribution in [-0.2, 0) is 0 Å². The molecule has 2 fully saturated rings. The molecule has 2 aliphatic carbocycles. The number of aromatic carboxylic acids is 1. The van der Waals surface area contributed by atoms with Crippen molar-refractivity contribution in [2.24, 2.45) is 17.8 Å². The maximum Gasteiger partial charge on any atom is 0.335 e. The Balaban J connectivity index is 1.62. The number of carboxylic acids is 1. The lowest BCUT2D eigenvalue weighted by Crippen LogP contribution is -2.35. The number of hydrogen-bond donors (Lipinski definition) is 2. The fourth-order valence-corrected chi connectivity index (χ4v) is 6.08. The first-order chi connectivity index (χ1) is 13.4. The molecule has 28 heavy (non-hydrogen) atoms. The largest absolute Gasteiger partial charge is 0.478 e. The second-order valence-electron chi connectivity index (χ2n) is 8.13. The molecule has 0 saturated heterocycles. The van der Waals surface area contributed by atoms with Gasteiger partial charge in [-0.2, -0.15) is 0 Å². The number of halogens is 1. The SMILES string of the molecule is O=C(O)c1ccc([C@@H]2Nc3c(Cl)cc([N+](=O)[O-])cc3[C@H]3[C@H]4CC[C@@H](C4)[C@@H]32)cc1. The normalized spacial score (nSPS) is 29.7. The summed E-state index contributed by atoms with van der Waals surface area (Å²) < 4.78 is 0. The van der Waals surface area contributed by atoms with Crippen molar-refractivity contribution in [2.75, 3.05) is 5.32 Å². The van der Waals surface area contributed by atoms with Gasteiger partial charge in [0.05, 0.1) is 27.2 Å². The number of anilines is 1. The average Bonchev–Trinajstić information content (AvgIpc) is 3.30. The van der Waals surface area contributed by atoms with E-state index in [1.165, 1.54) is 12.5 Å². The van der Waals surface area contributed by atoms with E-state index in [4.69, 9.17) is 11.6 Å². The highest BCUT2D eigenvalue weighted by atomic mass is 35.5. The Labute approximate surface area is 166 Å². The highest BCUT2D eigenvalue weighted by Gasteiger charge is 2.54. The Hall–Kier alpha value is -2.60. The van der Waals surface area contributed by atoms with E-state index >= 15 is 0 Å². The predicted octanol–water partition coefficient (Wildman–Crippen LogP) is 5.24. The average molecular weight is 399 g/mol. The number of non-ortho nitro benzene ring substituents is 1. The van der Waals surface area contributed by atoms with Crippen LogP contribution in [0.2, 0.25) is 5.02 Å². The molecule has 0 unspecified atom stereocenters. The molecule has 0 radical (unpaired) electrons. The molecule has 0 aromatic heterocycles. The lowest BCUT2D eigenvalue weighted by molar-refractivity contribution is -0.384. The van der Waals surface area contributed by atoms with Gasteiger partial charge in [-0.05, 0) is 66.2 Å². The number of nitro benzene ring substituents is 1. The standard InChI is InChI=1S/C21H19ClN2O4/c22-16-9-14(24(27)28)8-15-17-12-5-6-13(7-12)18(17)19(23-20(15)16)10-1-3-11(4-2-10)21(25)26/h1-4,8-9,12-13,17-19,23H,5-7H2,(H,25,26)/t12-,13-,17+,18-,19-/m0/s1. The third-order valence-electron chi connectivity index (χ3n) is 6.86. The van der Waals surface area contributed by atoms with Crippen LogP contribution in [-0.4, -0.2) is 16.0 Å². The number of fused-ring (bicyclic) bond motifs is 7. The molecule has 2 aromatic carbocycles. The molecule has 2 aromatic rings. The van der Waals surface area contributed by atoms with E-state index in [9.17, 15) is 20.0 Å². The summed E-state index contributed by atoms with van der Waals surface area (Å²) in [5, 5.41) is 24.4. The van der Waals surface area contributed by atoms with Gasteiger partial charge < -0.3 is 10.4 Å². The minimum absolute atomic E-state index is 0.0228. The van der Waals surface area contributed by atoms with Crippen molar-refractivity contribution < 1.29 is 14.8 Å². The van der Waals surface area contributed by atoms with Gasteiger partial charge >= 0.3 is 5.97 Å². The molecule has 144 valence electrons. The number of benzene rings is 2. The van der Waals surface area contributed by atoms with Crippen LogP contribution in [0.1, 0.15) is 52.7 Å². The number of nitro groups is 1. The van der Waals surface area contributed by atoms with E-state index in [2.05, 4.69) is 5.32 Å². The summed E-state index contributed by atoms with van der Waals surface area (Å²) in [7, 11) is 0. The molecule has 2 saturated carbocycles. The molecular weight excluding hydrogens is 380 g/mol. The van der Waals surface area contributed by atoms with E-state index < -0.39 is 5.97 Å². The Morgan fingerprint density at radius 1 is 1.18 bits per heavy atom. The molecule has 0 spiro atoms. The first-order valence-corrected chi connectivity index (χ1v) is 9.89. The molecule has 1 aliphatic heterocycles. The van der Waals surface area contributed by atoms with Gasteiger partial charge in [-0.1, -0.05) is 23.7 Å². The van der Waals surface area contributed by atoms with E-state index in [-0.39, 0.29) is 28.1 Å². The molecule has 3 aliphatic rings. The van der Waals surface area contributed by atoms with Gasteiger partial charge in [0.2, 0.25) is 0 Å². The molecule has 5 rings (SSSR count). The van der Waals surface area contributed by atoms with Gasteiger partial charge in [0.25, 0.3) is 5.69 Å². The Kier molecular flexibility index (Phi) is 3.88. The van der Waals surface area contributed by atoms with Crippen LogP contribution < -0.4 is 5.32 Å². The van der Waals surface area contributed by atoms with E-state index in [0.717, 1.165) is 29.7 Å². The molecular formula is C21H19ClN2O4. The topological polar surface area (TPSA) is 92.5 Å². The minimum atomic E-state index is -0.943. The van der Waals surface area contributed by atoms with Crippen LogP contribution in [0.25, 0.3) is 0 Å². The van der Waals surface area contributed by atoms with Gasteiger partial charge in [0, 0.05) is 12.1 Å². The molecule has 6 nitrogen and oxygen atoms in total. The molecule has 1 heterocycles. The van der Waals surface area contributed by atoms with Gasteiger partial charge in [-0.15, -0.1) is 0 Å². The molecule has 0 amide bonds. The quantitative estimate of drug-likeness (QED) is 0.544. The van der Waals surface area contributed by atoms with Crippen LogP contribution in [0.15, 0.2) is 36.4 Å². The summed E-state index contributed by atoms with van der Waals surface area (Å²) in [5.41, 5.74) is 3.09. The maximum atomic E-state index is 11.3. The Morgan fingerprint density at radius 3 is 2.57 bits per heavy atom.